The predicted octanol–water partition coefficient (Wildman–Crippen LogP) is 2.65. The highest BCUT2D eigenvalue weighted by Gasteiger charge is 2.23. The fourth-order valence-electron chi connectivity index (χ4n) is 2.52. The van der Waals surface area contributed by atoms with E-state index in [1.165, 1.54) is 10.4 Å². The van der Waals surface area contributed by atoms with Gasteiger partial charge in [0.25, 0.3) is 0 Å². The Balaban J connectivity index is 1.57. The molecule has 102 valence electrons. The molecule has 2 atom stereocenters. The Labute approximate surface area is 117 Å². The number of H-pyrrole nitrogens is 1. The van der Waals surface area contributed by atoms with Crippen LogP contribution in [0.1, 0.15) is 18.9 Å². The van der Waals surface area contributed by atoms with Crippen LogP contribution < -0.4 is 5.32 Å². The summed E-state index contributed by atoms with van der Waals surface area (Å²) in [6.45, 7) is 4.93. The highest BCUT2D eigenvalue weighted by molar-refractivity contribution is 7.13. The normalized spacial score (nSPS) is 23.0. The third-order valence-corrected chi connectivity index (χ3v) is 4.63. The lowest BCUT2D eigenvalue weighted by Crippen LogP contribution is -2.26. The molecule has 1 aliphatic rings. The minimum Gasteiger partial charge on any atom is -0.378 e. The molecular formula is C14H19N3OS. The monoisotopic (exact) mass is 277 g/mol. The van der Waals surface area contributed by atoms with Crippen LogP contribution in [0.5, 0.6) is 0 Å². The highest BCUT2D eigenvalue weighted by Crippen LogP contribution is 2.26. The van der Waals surface area contributed by atoms with Gasteiger partial charge in [-0.25, -0.2) is 0 Å². The molecule has 0 radical (unpaired) electrons. The van der Waals surface area contributed by atoms with Crippen molar-refractivity contribution in [2.24, 2.45) is 5.92 Å². The Kier molecular flexibility index (Phi) is 3.96. The lowest BCUT2D eigenvalue weighted by Gasteiger charge is -2.14. The summed E-state index contributed by atoms with van der Waals surface area (Å²) in [7, 11) is 0. The van der Waals surface area contributed by atoms with Crippen molar-refractivity contribution in [1.29, 1.82) is 0 Å². The van der Waals surface area contributed by atoms with Crippen molar-refractivity contribution >= 4 is 11.3 Å². The maximum Gasteiger partial charge on any atom is 0.0794 e. The van der Waals surface area contributed by atoms with Gasteiger partial charge in [0, 0.05) is 25.3 Å². The third kappa shape index (κ3) is 2.88. The molecule has 1 aliphatic heterocycles. The lowest BCUT2D eigenvalue weighted by atomic mass is 10.0. The second kappa shape index (κ2) is 5.86. The van der Waals surface area contributed by atoms with Crippen molar-refractivity contribution in [3.8, 4) is 10.6 Å². The summed E-state index contributed by atoms with van der Waals surface area (Å²) >= 11 is 1.73. The van der Waals surface area contributed by atoms with Gasteiger partial charge in [0.1, 0.15) is 0 Å². The molecule has 2 aromatic heterocycles. The van der Waals surface area contributed by atoms with Crippen molar-refractivity contribution in [1.82, 2.24) is 15.5 Å². The predicted molar refractivity (Wildman–Crippen MR) is 77.1 cm³/mol. The fourth-order valence-corrected chi connectivity index (χ4v) is 3.27. The first-order chi connectivity index (χ1) is 9.34. The molecule has 3 heterocycles. The van der Waals surface area contributed by atoms with Gasteiger partial charge in [-0.1, -0.05) is 6.07 Å². The van der Waals surface area contributed by atoms with E-state index in [9.17, 15) is 0 Å². The summed E-state index contributed by atoms with van der Waals surface area (Å²) < 4.78 is 5.58. The van der Waals surface area contributed by atoms with E-state index < -0.39 is 0 Å². The van der Waals surface area contributed by atoms with E-state index in [2.05, 4.69) is 40.0 Å². The number of hydrogen-bond donors (Lipinski definition) is 2. The summed E-state index contributed by atoms with van der Waals surface area (Å²) in [5, 5.41) is 12.9. The number of hydrogen-bond acceptors (Lipinski definition) is 4. The van der Waals surface area contributed by atoms with Gasteiger partial charge in [0.15, 0.2) is 0 Å². The molecule has 0 amide bonds. The molecule has 1 fully saturated rings. The Morgan fingerprint density at radius 1 is 1.58 bits per heavy atom. The Morgan fingerprint density at radius 3 is 3.26 bits per heavy atom. The molecular weight excluding hydrogens is 258 g/mol. The smallest absolute Gasteiger partial charge is 0.0794 e. The van der Waals surface area contributed by atoms with Crippen LogP contribution >= 0.6 is 11.3 Å². The third-order valence-electron chi connectivity index (χ3n) is 3.74. The molecule has 3 rings (SSSR count). The van der Waals surface area contributed by atoms with Gasteiger partial charge < -0.3 is 10.1 Å². The molecule has 2 aromatic rings. The molecule has 5 heteroatoms. The van der Waals surface area contributed by atoms with E-state index in [-0.39, 0.29) is 0 Å². The summed E-state index contributed by atoms with van der Waals surface area (Å²) in [5.41, 5.74) is 2.37. The SMILES string of the molecule is CC1OCCC1CNCc1cn[nH]c1-c1cccs1. The molecule has 4 nitrogen and oxygen atoms in total. The van der Waals surface area contributed by atoms with Gasteiger partial charge in [-0.3, -0.25) is 5.10 Å². The molecule has 0 spiro atoms. The van der Waals surface area contributed by atoms with Crippen LogP contribution in [0.2, 0.25) is 0 Å². The van der Waals surface area contributed by atoms with Crippen molar-refractivity contribution in [3.63, 3.8) is 0 Å². The zero-order valence-corrected chi connectivity index (χ0v) is 11.9. The zero-order chi connectivity index (χ0) is 13.1. The number of nitrogens with zero attached hydrogens (tertiary/aromatic N) is 1. The van der Waals surface area contributed by atoms with Gasteiger partial charge in [-0.2, -0.15) is 5.10 Å². The Bertz CT molecular complexity index is 509. The maximum atomic E-state index is 5.58. The van der Waals surface area contributed by atoms with Gasteiger partial charge >= 0.3 is 0 Å². The van der Waals surface area contributed by atoms with Crippen LogP contribution in [0.4, 0.5) is 0 Å². The van der Waals surface area contributed by atoms with Crippen molar-refractivity contribution in [3.05, 3.63) is 29.3 Å². The van der Waals surface area contributed by atoms with Gasteiger partial charge in [0.05, 0.1) is 22.9 Å². The van der Waals surface area contributed by atoms with Gasteiger partial charge in [0.2, 0.25) is 0 Å². The summed E-state index contributed by atoms with van der Waals surface area (Å²) in [5.74, 6) is 0.636. The van der Waals surface area contributed by atoms with Crippen LogP contribution in [-0.4, -0.2) is 29.5 Å². The average molecular weight is 277 g/mol. The molecule has 0 aromatic carbocycles. The quantitative estimate of drug-likeness (QED) is 0.883. The molecule has 0 aliphatic carbocycles. The highest BCUT2D eigenvalue weighted by atomic mass is 32.1. The first kappa shape index (κ1) is 12.8. The van der Waals surface area contributed by atoms with Gasteiger partial charge in [-0.05, 0) is 30.7 Å². The lowest BCUT2D eigenvalue weighted by molar-refractivity contribution is 0.105. The van der Waals surface area contributed by atoms with Crippen molar-refractivity contribution < 1.29 is 4.74 Å². The average Bonchev–Trinajstić information content (AvgIpc) is 3.11. The largest absolute Gasteiger partial charge is 0.378 e. The maximum absolute atomic E-state index is 5.58. The first-order valence-corrected chi connectivity index (χ1v) is 7.61. The van der Waals surface area contributed by atoms with Crippen molar-refractivity contribution in [2.75, 3.05) is 13.2 Å². The van der Waals surface area contributed by atoms with E-state index in [0.717, 1.165) is 31.8 Å². The molecule has 0 saturated carbocycles. The van der Waals surface area contributed by atoms with Crippen LogP contribution in [0.15, 0.2) is 23.7 Å². The Morgan fingerprint density at radius 2 is 2.53 bits per heavy atom. The topological polar surface area (TPSA) is 49.9 Å². The van der Waals surface area contributed by atoms with E-state index in [0.29, 0.717) is 12.0 Å². The summed E-state index contributed by atoms with van der Waals surface area (Å²) in [4.78, 5) is 1.24. The van der Waals surface area contributed by atoms with E-state index >= 15 is 0 Å². The fraction of sp³-hybridized carbons (Fsp3) is 0.500. The Hall–Kier alpha value is -1.17. The van der Waals surface area contributed by atoms with E-state index in [1.807, 2.05) is 6.20 Å². The van der Waals surface area contributed by atoms with E-state index in [4.69, 9.17) is 4.74 Å². The second-order valence-corrected chi connectivity index (χ2v) is 5.95. The molecule has 0 bridgehead atoms. The van der Waals surface area contributed by atoms with Crippen LogP contribution in [0, 0.1) is 5.92 Å². The van der Waals surface area contributed by atoms with Crippen LogP contribution in [0.3, 0.4) is 0 Å². The standard InChI is InChI=1S/C14H19N3OS/c1-10-11(4-5-18-10)7-15-8-12-9-16-17-14(12)13-3-2-6-19-13/h2-3,6,9-11,15H,4-5,7-8H2,1H3,(H,16,17). The molecule has 2 unspecified atom stereocenters. The summed E-state index contributed by atoms with van der Waals surface area (Å²) in [6, 6.07) is 4.18. The first-order valence-electron chi connectivity index (χ1n) is 6.73. The number of aromatic amines is 1. The number of thiophene rings is 1. The molecule has 1 saturated heterocycles. The number of nitrogens with one attached hydrogen (secondary N) is 2. The number of ether oxygens (including phenoxy) is 1. The second-order valence-electron chi connectivity index (χ2n) is 5.00. The van der Waals surface area contributed by atoms with Crippen LogP contribution in [-0.2, 0) is 11.3 Å². The summed E-state index contributed by atoms with van der Waals surface area (Å²) in [6.07, 6.45) is 3.46. The number of rotatable bonds is 5. The number of aromatic nitrogens is 2. The van der Waals surface area contributed by atoms with E-state index in [1.54, 1.807) is 11.3 Å². The minimum absolute atomic E-state index is 0.383. The zero-order valence-electron chi connectivity index (χ0n) is 11.1. The van der Waals surface area contributed by atoms with Crippen LogP contribution in [0.25, 0.3) is 10.6 Å². The van der Waals surface area contributed by atoms with Gasteiger partial charge in [-0.15, -0.1) is 11.3 Å². The molecule has 19 heavy (non-hydrogen) atoms. The van der Waals surface area contributed by atoms with Crippen molar-refractivity contribution in [2.45, 2.75) is 26.0 Å². The molecule has 2 N–H and O–H groups in total. The minimum atomic E-state index is 0.383.